The lowest BCUT2D eigenvalue weighted by Crippen LogP contribution is -2.44. The van der Waals surface area contributed by atoms with E-state index in [1.807, 2.05) is 19.1 Å². The fourth-order valence-electron chi connectivity index (χ4n) is 4.67. The SMILES string of the molecule is CCc1ccc([C@@H]2CCC(=[N+]3CCN(c4ccc(C(=O)NCC(F)F)nc4)CC3)C2)[nH]c1=O. The first-order chi connectivity index (χ1) is 15.9. The summed E-state index contributed by atoms with van der Waals surface area (Å²) < 4.78 is 27.0. The van der Waals surface area contributed by atoms with Crippen molar-refractivity contribution in [3.63, 3.8) is 0 Å². The zero-order valence-electron chi connectivity index (χ0n) is 18.8. The Bertz CT molecular complexity index is 1070. The van der Waals surface area contributed by atoms with E-state index in [1.54, 1.807) is 12.3 Å². The van der Waals surface area contributed by atoms with Crippen LogP contribution in [0.1, 0.15) is 53.8 Å². The number of aryl methyl sites for hydroxylation is 1. The second kappa shape index (κ2) is 10.2. The molecule has 2 fully saturated rings. The van der Waals surface area contributed by atoms with Gasteiger partial charge in [-0.15, -0.1) is 0 Å². The second-order valence-corrected chi connectivity index (χ2v) is 8.60. The normalized spacial score (nSPS) is 18.8. The van der Waals surface area contributed by atoms with Crippen LogP contribution < -0.4 is 15.8 Å². The van der Waals surface area contributed by atoms with Crippen LogP contribution in [0.2, 0.25) is 0 Å². The molecular formula is C24H30F2N5O2+. The maximum atomic E-state index is 12.3. The largest absolute Gasteiger partial charge is 0.358 e. The highest BCUT2D eigenvalue weighted by Gasteiger charge is 2.31. The van der Waals surface area contributed by atoms with Crippen LogP contribution >= 0.6 is 0 Å². The van der Waals surface area contributed by atoms with Crippen molar-refractivity contribution < 1.29 is 18.2 Å². The molecule has 2 aromatic rings. The summed E-state index contributed by atoms with van der Waals surface area (Å²) in [5, 5.41) is 2.16. The van der Waals surface area contributed by atoms with Gasteiger partial charge < -0.3 is 15.2 Å². The van der Waals surface area contributed by atoms with E-state index < -0.39 is 18.9 Å². The molecule has 176 valence electrons. The minimum atomic E-state index is -2.58. The minimum Gasteiger partial charge on any atom is -0.358 e. The standard InChI is InChI=1S/C24H29F2N5O2/c1-2-16-4-7-20(29-23(16)32)17-3-5-18(13-17)30-9-11-31(12-10-30)19-6-8-21(27-14-19)24(33)28-15-22(25)26/h4,6-8,14,17,22H,2-3,5,9-13,15H2,1H3,(H-,28,29,32,33)/p+1/t17-/m1/s1. The van der Waals surface area contributed by atoms with Gasteiger partial charge in [-0.05, 0) is 31.0 Å². The predicted molar refractivity (Wildman–Crippen MR) is 123 cm³/mol. The molecule has 0 spiro atoms. The van der Waals surface area contributed by atoms with Crippen LogP contribution in [-0.4, -0.2) is 65.3 Å². The maximum Gasteiger partial charge on any atom is 0.270 e. The first-order valence-electron chi connectivity index (χ1n) is 11.5. The minimum absolute atomic E-state index is 0.0307. The number of carbonyl (C=O) groups is 1. The first-order valence-corrected chi connectivity index (χ1v) is 11.5. The molecule has 1 amide bonds. The number of rotatable bonds is 6. The average molecular weight is 459 g/mol. The Labute approximate surface area is 191 Å². The van der Waals surface area contributed by atoms with Crippen LogP contribution in [0.3, 0.4) is 0 Å². The number of aromatic amines is 1. The number of piperazine rings is 1. The topological polar surface area (TPSA) is 81.1 Å². The van der Waals surface area contributed by atoms with E-state index in [2.05, 4.69) is 30.8 Å². The lowest BCUT2D eigenvalue weighted by molar-refractivity contribution is -0.531. The van der Waals surface area contributed by atoms with Gasteiger partial charge in [0.15, 0.2) is 18.8 Å². The molecule has 7 nitrogen and oxygen atoms in total. The van der Waals surface area contributed by atoms with Crippen molar-refractivity contribution in [1.29, 1.82) is 0 Å². The summed E-state index contributed by atoms with van der Waals surface area (Å²) in [5.74, 6) is -0.228. The third-order valence-corrected chi connectivity index (χ3v) is 6.59. The summed E-state index contributed by atoms with van der Waals surface area (Å²) >= 11 is 0. The third-order valence-electron chi connectivity index (χ3n) is 6.59. The van der Waals surface area contributed by atoms with Crippen molar-refractivity contribution in [3.8, 4) is 0 Å². The van der Waals surface area contributed by atoms with Crippen molar-refractivity contribution in [2.45, 2.75) is 45.0 Å². The molecule has 1 aliphatic carbocycles. The summed E-state index contributed by atoms with van der Waals surface area (Å²) in [7, 11) is 0. The van der Waals surface area contributed by atoms with Crippen molar-refractivity contribution in [3.05, 3.63) is 57.8 Å². The van der Waals surface area contributed by atoms with Crippen LogP contribution in [-0.2, 0) is 6.42 Å². The van der Waals surface area contributed by atoms with Crippen molar-refractivity contribution >= 4 is 17.3 Å². The molecule has 2 N–H and O–H groups in total. The van der Waals surface area contributed by atoms with Crippen LogP contribution in [0.15, 0.2) is 35.3 Å². The summed E-state index contributed by atoms with van der Waals surface area (Å²) in [6, 6.07) is 7.40. The molecule has 1 atom stereocenters. The number of hydrogen-bond donors (Lipinski definition) is 2. The van der Waals surface area contributed by atoms with Gasteiger partial charge in [0.25, 0.3) is 17.9 Å². The van der Waals surface area contributed by atoms with Gasteiger partial charge >= 0.3 is 0 Å². The van der Waals surface area contributed by atoms with Gasteiger partial charge in [-0.2, -0.15) is 0 Å². The smallest absolute Gasteiger partial charge is 0.270 e. The van der Waals surface area contributed by atoms with Crippen LogP contribution in [0.4, 0.5) is 14.5 Å². The fraction of sp³-hybridized carbons (Fsp3) is 0.500. The number of amides is 1. The molecule has 0 radical (unpaired) electrons. The van der Waals surface area contributed by atoms with Crippen molar-refractivity contribution in [1.82, 2.24) is 15.3 Å². The number of alkyl halides is 2. The number of hydrogen-bond acceptors (Lipinski definition) is 4. The summed E-state index contributed by atoms with van der Waals surface area (Å²) in [5.41, 5.74) is 4.40. The molecule has 4 rings (SSSR count). The Kier molecular flexibility index (Phi) is 7.15. The highest BCUT2D eigenvalue weighted by molar-refractivity contribution is 5.92. The van der Waals surface area contributed by atoms with Crippen molar-refractivity contribution in [2.24, 2.45) is 0 Å². The van der Waals surface area contributed by atoms with Gasteiger partial charge in [0.1, 0.15) is 5.69 Å². The number of anilines is 1. The molecule has 0 aromatic carbocycles. The summed E-state index contributed by atoms with van der Waals surface area (Å²) in [6.45, 7) is 4.81. The molecule has 1 aliphatic heterocycles. The zero-order valence-corrected chi connectivity index (χ0v) is 18.8. The van der Waals surface area contributed by atoms with E-state index in [-0.39, 0.29) is 11.3 Å². The van der Waals surface area contributed by atoms with Gasteiger partial charge in [-0.3, -0.25) is 9.59 Å². The molecule has 3 heterocycles. The summed E-state index contributed by atoms with van der Waals surface area (Å²) in [4.78, 5) is 33.5. The molecular weight excluding hydrogens is 428 g/mol. The van der Waals surface area contributed by atoms with Crippen molar-refractivity contribution in [2.75, 3.05) is 37.6 Å². The highest BCUT2D eigenvalue weighted by atomic mass is 19.3. The number of aromatic nitrogens is 2. The average Bonchev–Trinajstić information content (AvgIpc) is 3.33. The number of H-pyrrole nitrogens is 1. The first kappa shape index (κ1) is 23.1. The number of carbonyl (C=O) groups excluding carboxylic acids is 1. The van der Waals surface area contributed by atoms with Gasteiger partial charge in [-0.25, -0.2) is 18.3 Å². The Morgan fingerprint density at radius 2 is 2.06 bits per heavy atom. The number of nitrogens with zero attached hydrogens (tertiary/aromatic N) is 3. The van der Waals surface area contributed by atoms with E-state index in [1.165, 1.54) is 5.71 Å². The molecule has 33 heavy (non-hydrogen) atoms. The zero-order chi connectivity index (χ0) is 23.4. The van der Waals surface area contributed by atoms with Gasteiger partial charge in [0.2, 0.25) is 0 Å². The molecule has 1 saturated carbocycles. The van der Waals surface area contributed by atoms with E-state index in [0.29, 0.717) is 5.92 Å². The second-order valence-electron chi connectivity index (χ2n) is 8.60. The Morgan fingerprint density at radius 3 is 2.70 bits per heavy atom. The summed E-state index contributed by atoms with van der Waals surface area (Å²) in [6.07, 6.45) is 2.86. The van der Waals surface area contributed by atoms with E-state index >= 15 is 0 Å². The van der Waals surface area contributed by atoms with Crippen LogP contribution in [0.5, 0.6) is 0 Å². The lowest BCUT2D eigenvalue weighted by Gasteiger charge is -2.27. The van der Waals surface area contributed by atoms with Crippen LogP contribution in [0, 0.1) is 0 Å². The Balaban J connectivity index is 1.33. The Morgan fingerprint density at radius 1 is 1.27 bits per heavy atom. The molecule has 0 bridgehead atoms. The Hall–Kier alpha value is -3.10. The number of nitrogens with one attached hydrogen (secondary N) is 2. The quantitative estimate of drug-likeness (QED) is 0.652. The number of halogens is 2. The van der Waals surface area contributed by atoms with Gasteiger partial charge in [0, 0.05) is 30.0 Å². The van der Waals surface area contributed by atoms with Crippen LogP contribution in [0.25, 0.3) is 0 Å². The molecule has 2 aliphatic rings. The number of pyridine rings is 2. The monoisotopic (exact) mass is 458 g/mol. The predicted octanol–water partition coefficient (Wildman–Crippen LogP) is 2.57. The molecule has 9 heteroatoms. The van der Waals surface area contributed by atoms with E-state index in [4.69, 9.17) is 0 Å². The third kappa shape index (κ3) is 5.46. The molecule has 0 unspecified atom stereocenters. The highest BCUT2D eigenvalue weighted by Crippen LogP contribution is 2.31. The van der Waals surface area contributed by atoms with E-state index in [0.717, 1.165) is 68.8 Å². The maximum absolute atomic E-state index is 12.3. The van der Waals surface area contributed by atoms with E-state index in [9.17, 15) is 18.4 Å². The van der Waals surface area contributed by atoms with Gasteiger partial charge in [-0.1, -0.05) is 13.0 Å². The fourth-order valence-corrected chi connectivity index (χ4v) is 4.67. The molecule has 1 saturated heterocycles. The lowest BCUT2D eigenvalue weighted by atomic mass is 10.0. The molecule has 2 aromatic heterocycles. The van der Waals surface area contributed by atoms with Gasteiger partial charge in [0.05, 0.1) is 31.5 Å².